The highest BCUT2D eigenvalue weighted by molar-refractivity contribution is 6.56. The predicted octanol–water partition coefficient (Wildman–Crippen LogP) is 6.58. The maximum atomic E-state index is 14.2. The lowest BCUT2D eigenvalue weighted by atomic mass is 9.76. The van der Waals surface area contributed by atoms with Crippen molar-refractivity contribution in [1.82, 2.24) is 5.32 Å². The molecule has 5 rings (SSSR count). The van der Waals surface area contributed by atoms with Gasteiger partial charge in [-0.15, -0.1) is 0 Å². The zero-order valence-electron chi connectivity index (χ0n) is 23.4. The molecule has 0 radical (unpaired) electrons. The van der Waals surface area contributed by atoms with Gasteiger partial charge in [0.2, 0.25) is 0 Å². The third kappa shape index (κ3) is 5.34. The lowest BCUT2D eigenvalue weighted by molar-refractivity contribution is 0.00578. The normalized spacial score (nSPS) is 17.4. The fraction of sp³-hybridized carbons (Fsp3) is 0.312. The molecule has 2 aliphatic rings. The minimum Gasteiger partial charge on any atom is -0.449 e. The number of hydrogen-bond acceptors (Lipinski definition) is 5. The van der Waals surface area contributed by atoms with E-state index in [0.717, 1.165) is 22.3 Å². The molecule has 6 nitrogen and oxygen atoms in total. The average Bonchev–Trinajstić information content (AvgIpc) is 3.34. The van der Waals surface area contributed by atoms with E-state index in [4.69, 9.17) is 14.0 Å². The molecule has 8 heteroatoms. The molecular formula is C32H33BFNO5. The maximum Gasteiger partial charge on any atom is 0.492 e. The monoisotopic (exact) mass is 541 g/mol. The minimum absolute atomic E-state index is 0.0152. The molecule has 1 fully saturated rings. The molecule has 1 amide bonds. The van der Waals surface area contributed by atoms with Crippen molar-refractivity contribution in [3.63, 3.8) is 0 Å². The van der Waals surface area contributed by atoms with Crippen LogP contribution in [0.1, 0.15) is 67.6 Å². The van der Waals surface area contributed by atoms with Crippen LogP contribution in [0, 0.1) is 5.82 Å². The number of Topliss-reactive ketones (excluding diaryl/α,β-unsaturated/α-hetero) is 1. The van der Waals surface area contributed by atoms with Crippen molar-refractivity contribution in [2.24, 2.45) is 0 Å². The molecule has 3 aromatic carbocycles. The maximum absolute atomic E-state index is 14.2. The van der Waals surface area contributed by atoms with Crippen molar-refractivity contribution >= 4 is 25.1 Å². The van der Waals surface area contributed by atoms with Gasteiger partial charge in [0.15, 0.2) is 5.78 Å². The molecule has 1 saturated heterocycles. The Morgan fingerprint density at radius 2 is 1.52 bits per heavy atom. The van der Waals surface area contributed by atoms with Crippen molar-refractivity contribution in [3.05, 3.63) is 100 Å². The molecular weight excluding hydrogens is 508 g/mol. The summed E-state index contributed by atoms with van der Waals surface area (Å²) in [5.41, 5.74) is 4.54. The molecule has 0 aromatic heterocycles. The lowest BCUT2D eigenvalue weighted by Crippen LogP contribution is -2.41. The van der Waals surface area contributed by atoms with Gasteiger partial charge in [0, 0.05) is 18.0 Å². The number of alkyl carbamates (subject to hydrolysis) is 1. The van der Waals surface area contributed by atoms with Crippen LogP contribution in [-0.2, 0) is 14.0 Å². The van der Waals surface area contributed by atoms with Crippen LogP contribution < -0.4 is 5.32 Å². The first kappa shape index (κ1) is 27.8. The van der Waals surface area contributed by atoms with E-state index in [1.807, 2.05) is 52.0 Å². The van der Waals surface area contributed by atoms with E-state index in [1.54, 1.807) is 6.08 Å². The van der Waals surface area contributed by atoms with Crippen molar-refractivity contribution in [2.45, 2.75) is 51.7 Å². The third-order valence-corrected chi connectivity index (χ3v) is 8.07. The Kier molecular flexibility index (Phi) is 7.42. The molecule has 0 spiro atoms. The Morgan fingerprint density at radius 3 is 2.10 bits per heavy atom. The highest BCUT2D eigenvalue weighted by Gasteiger charge is 2.52. The zero-order chi connectivity index (χ0) is 28.7. The lowest BCUT2D eigenvalue weighted by Gasteiger charge is -2.32. The predicted molar refractivity (Wildman–Crippen MR) is 154 cm³/mol. The number of carbonyl (C=O) groups is 2. The van der Waals surface area contributed by atoms with E-state index >= 15 is 0 Å². The summed E-state index contributed by atoms with van der Waals surface area (Å²) in [6.07, 6.45) is 1.04. The SMILES string of the molecule is CC(=O)c1ccc(F)cc1C=C(CNC(=O)OCC1c2ccccc2-c2ccccc21)B1OC(C)(C)C(C)(C)O1. The number of rotatable bonds is 7. The first-order valence-electron chi connectivity index (χ1n) is 13.4. The van der Waals surface area contributed by atoms with Crippen LogP contribution in [0.25, 0.3) is 17.2 Å². The Bertz CT molecular complexity index is 1440. The largest absolute Gasteiger partial charge is 0.492 e. The van der Waals surface area contributed by atoms with E-state index < -0.39 is 30.2 Å². The number of fused-ring (bicyclic) bond motifs is 3. The molecule has 3 aromatic rings. The van der Waals surface area contributed by atoms with Gasteiger partial charge in [-0.2, -0.15) is 0 Å². The number of amides is 1. The van der Waals surface area contributed by atoms with Crippen molar-refractivity contribution in [1.29, 1.82) is 0 Å². The van der Waals surface area contributed by atoms with Gasteiger partial charge in [0.25, 0.3) is 0 Å². The van der Waals surface area contributed by atoms with E-state index in [-0.39, 0.29) is 24.9 Å². The van der Waals surface area contributed by atoms with Gasteiger partial charge < -0.3 is 19.4 Å². The number of hydrogen-bond donors (Lipinski definition) is 1. The summed E-state index contributed by atoms with van der Waals surface area (Å²) in [5.74, 6) is -0.750. The van der Waals surface area contributed by atoms with Crippen LogP contribution in [0.15, 0.2) is 72.2 Å². The molecule has 1 aliphatic carbocycles. The van der Waals surface area contributed by atoms with Gasteiger partial charge in [0.05, 0.1) is 11.2 Å². The number of nitrogens with one attached hydrogen (secondary N) is 1. The Labute approximate surface area is 234 Å². The molecule has 0 bridgehead atoms. The minimum atomic E-state index is -0.818. The van der Waals surface area contributed by atoms with Crippen molar-refractivity contribution in [3.8, 4) is 11.1 Å². The average molecular weight is 541 g/mol. The summed E-state index contributed by atoms with van der Waals surface area (Å²) in [7, 11) is -0.818. The molecule has 0 saturated carbocycles. The summed E-state index contributed by atoms with van der Waals surface area (Å²) < 4.78 is 32.3. The van der Waals surface area contributed by atoms with Gasteiger partial charge in [-0.3, -0.25) is 4.79 Å². The zero-order valence-corrected chi connectivity index (χ0v) is 23.4. The van der Waals surface area contributed by atoms with E-state index in [0.29, 0.717) is 16.6 Å². The molecule has 40 heavy (non-hydrogen) atoms. The second kappa shape index (κ2) is 10.7. The summed E-state index contributed by atoms with van der Waals surface area (Å²) in [6.45, 7) is 9.31. The van der Waals surface area contributed by atoms with E-state index in [9.17, 15) is 14.0 Å². The third-order valence-electron chi connectivity index (χ3n) is 8.07. The van der Waals surface area contributed by atoms with Crippen molar-refractivity contribution < 1.29 is 28.0 Å². The van der Waals surface area contributed by atoms with Crippen LogP contribution in [0.4, 0.5) is 9.18 Å². The second-order valence-electron chi connectivity index (χ2n) is 11.3. The fourth-order valence-electron chi connectivity index (χ4n) is 5.19. The summed E-state index contributed by atoms with van der Waals surface area (Å²) in [5, 5.41) is 2.80. The number of ether oxygens (including phenoxy) is 1. The van der Waals surface area contributed by atoms with Crippen LogP contribution in [0.3, 0.4) is 0 Å². The number of carbonyl (C=O) groups excluding carboxylic acids is 2. The van der Waals surface area contributed by atoms with Crippen LogP contribution in [0.5, 0.6) is 0 Å². The van der Waals surface area contributed by atoms with Crippen LogP contribution in [-0.4, -0.2) is 43.3 Å². The Morgan fingerprint density at radius 1 is 0.950 bits per heavy atom. The molecule has 1 aliphatic heterocycles. The van der Waals surface area contributed by atoms with Crippen molar-refractivity contribution in [2.75, 3.05) is 13.2 Å². The molecule has 206 valence electrons. The Hall–Kier alpha value is -3.75. The van der Waals surface area contributed by atoms with E-state index in [1.165, 1.54) is 25.1 Å². The quantitative estimate of drug-likeness (QED) is 0.270. The van der Waals surface area contributed by atoms with Gasteiger partial charge in [-0.05, 0) is 86.1 Å². The standard InChI is InChI=1S/C32H33BFNO5/c1-20(36)24-15-14-23(34)17-21(24)16-22(33-39-31(2,3)32(4,5)40-33)18-35-30(37)38-19-29-27-12-8-6-10-25(27)26-11-7-9-13-28(26)29/h6-17,29H,18-19H2,1-5H3,(H,35,37). The number of halogens is 1. The van der Waals surface area contributed by atoms with E-state index in [2.05, 4.69) is 29.6 Å². The second-order valence-corrected chi connectivity index (χ2v) is 11.3. The molecule has 0 unspecified atom stereocenters. The summed E-state index contributed by atoms with van der Waals surface area (Å²) >= 11 is 0. The van der Waals surface area contributed by atoms with Crippen LogP contribution >= 0.6 is 0 Å². The summed E-state index contributed by atoms with van der Waals surface area (Å²) in [4.78, 5) is 25.2. The molecule has 1 heterocycles. The smallest absolute Gasteiger partial charge is 0.449 e. The Balaban J connectivity index is 1.35. The fourth-order valence-corrected chi connectivity index (χ4v) is 5.19. The van der Waals surface area contributed by atoms with Gasteiger partial charge in [-0.25, -0.2) is 9.18 Å². The van der Waals surface area contributed by atoms with Gasteiger partial charge in [0.1, 0.15) is 12.4 Å². The first-order valence-corrected chi connectivity index (χ1v) is 13.4. The van der Waals surface area contributed by atoms with Gasteiger partial charge in [-0.1, -0.05) is 54.6 Å². The summed E-state index contributed by atoms with van der Waals surface area (Å²) in [6, 6.07) is 20.3. The first-order chi connectivity index (χ1) is 19.0. The molecule has 0 atom stereocenters. The van der Waals surface area contributed by atoms with Gasteiger partial charge >= 0.3 is 13.2 Å². The topological polar surface area (TPSA) is 73.9 Å². The highest BCUT2D eigenvalue weighted by atomic mass is 19.1. The molecule has 1 N–H and O–H groups in total. The highest BCUT2D eigenvalue weighted by Crippen LogP contribution is 2.44. The number of benzene rings is 3. The van der Waals surface area contributed by atoms with Crippen LogP contribution in [0.2, 0.25) is 0 Å². The number of ketones is 1.